The molecule has 0 aliphatic carbocycles. The van der Waals surface area contributed by atoms with E-state index < -0.39 is 6.10 Å². The molecule has 0 spiro atoms. The molecular formula is C22H23N5O3S2. The van der Waals surface area contributed by atoms with Gasteiger partial charge in [-0.25, -0.2) is 9.97 Å². The Morgan fingerprint density at radius 2 is 2.00 bits per heavy atom. The van der Waals surface area contributed by atoms with Gasteiger partial charge in [0.15, 0.2) is 22.4 Å². The Bertz CT molecular complexity index is 1210. The minimum Gasteiger partial charge on any atom is -0.450 e. The van der Waals surface area contributed by atoms with Crippen molar-refractivity contribution in [2.75, 3.05) is 11.9 Å². The van der Waals surface area contributed by atoms with E-state index in [-0.39, 0.29) is 6.61 Å². The van der Waals surface area contributed by atoms with Gasteiger partial charge in [0.05, 0.1) is 18.0 Å². The number of ether oxygens (including phenoxy) is 1. The Hall–Kier alpha value is -2.92. The van der Waals surface area contributed by atoms with Crippen LogP contribution < -0.4 is 10.1 Å². The zero-order chi connectivity index (χ0) is 22.7. The SMILES string of the molecule is Cc1nn(C)c(C)c1Oc1cc(Sc2ccccc2)cnc1Nc1nc(C(O)CO)cs1. The number of nitrogens with one attached hydrogen (secondary N) is 1. The topological polar surface area (TPSA) is 105 Å². The predicted molar refractivity (Wildman–Crippen MR) is 125 cm³/mol. The first-order valence-electron chi connectivity index (χ1n) is 9.87. The van der Waals surface area contributed by atoms with Gasteiger partial charge in [-0.1, -0.05) is 30.0 Å². The average Bonchev–Trinajstić information content (AvgIpc) is 3.35. The van der Waals surface area contributed by atoms with Crippen LogP contribution in [0.1, 0.15) is 23.2 Å². The van der Waals surface area contributed by atoms with E-state index in [4.69, 9.17) is 9.84 Å². The summed E-state index contributed by atoms with van der Waals surface area (Å²) in [7, 11) is 1.87. The van der Waals surface area contributed by atoms with Gasteiger partial charge in [-0.05, 0) is 26.0 Å². The Kier molecular flexibility index (Phi) is 6.75. The van der Waals surface area contributed by atoms with Crippen LogP contribution in [-0.4, -0.2) is 36.6 Å². The van der Waals surface area contributed by atoms with E-state index in [0.717, 1.165) is 21.2 Å². The molecule has 0 saturated heterocycles. The zero-order valence-corrected chi connectivity index (χ0v) is 19.4. The van der Waals surface area contributed by atoms with E-state index in [9.17, 15) is 5.11 Å². The van der Waals surface area contributed by atoms with Crippen molar-refractivity contribution >= 4 is 34.0 Å². The lowest BCUT2D eigenvalue weighted by Crippen LogP contribution is -2.03. The molecule has 0 bridgehead atoms. The van der Waals surface area contributed by atoms with Gasteiger partial charge in [-0.15, -0.1) is 11.3 Å². The molecule has 3 N–H and O–H groups in total. The molecule has 0 saturated carbocycles. The van der Waals surface area contributed by atoms with E-state index >= 15 is 0 Å². The number of hydrogen-bond donors (Lipinski definition) is 3. The van der Waals surface area contributed by atoms with Crippen molar-refractivity contribution in [3.63, 3.8) is 0 Å². The van der Waals surface area contributed by atoms with E-state index in [2.05, 4.69) is 20.4 Å². The summed E-state index contributed by atoms with van der Waals surface area (Å²) >= 11 is 2.90. The zero-order valence-electron chi connectivity index (χ0n) is 17.8. The molecule has 0 amide bonds. The molecule has 1 unspecified atom stereocenters. The summed E-state index contributed by atoms with van der Waals surface area (Å²) in [6.07, 6.45) is 0.753. The van der Waals surface area contributed by atoms with E-state index in [0.29, 0.717) is 28.1 Å². The lowest BCUT2D eigenvalue weighted by molar-refractivity contribution is 0.0928. The molecule has 166 valence electrons. The quantitative estimate of drug-likeness (QED) is 0.344. The number of pyridine rings is 1. The number of aliphatic hydroxyl groups is 2. The van der Waals surface area contributed by atoms with Gasteiger partial charge in [0.25, 0.3) is 0 Å². The maximum atomic E-state index is 9.81. The van der Waals surface area contributed by atoms with E-state index in [1.165, 1.54) is 11.3 Å². The molecule has 1 aromatic carbocycles. The van der Waals surface area contributed by atoms with Crippen LogP contribution in [0.15, 0.2) is 57.8 Å². The highest BCUT2D eigenvalue weighted by Crippen LogP contribution is 2.38. The smallest absolute Gasteiger partial charge is 0.188 e. The summed E-state index contributed by atoms with van der Waals surface area (Å²) < 4.78 is 8.06. The lowest BCUT2D eigenvalue weighted by Gasteiger charge is -2.13. The number of benzene rings is 1. The highest BCUT2D eigenvalue weighted by molar-refractivity contribution is 7.99. The van der Waals surface area contributed by atoms with Crippen LogP contribution in [-0.2, 0) is 7.05 Å². The van der Waals surface area contributed by atoms with Crippen molar-refractivity contribution in [3.05, 3.63) is 65.1 Å². The number of anilines is 2. The molecule has 3 aromatic heterocycles. The number of aromatic nitrogens is 4. The summed E-state index contributed by atoms with van der Waals surface area (Å²) in [5.41, 5.74) is 2.08. The van der Waals surface area contributed by atoms with Crippen LogP contribution in [0.5, 0.6) is 11.5 Å². The Balaban J connectivity index is 1.67. The third-order valence-electron chi connectivity index (χ3n) is 4.72. The molecule has 0 aliphatic heterocycles. The fraction of sp³-hybridized carbons (Fsp3) is 0.227. The van der Waals surface area contributed by atoms with Crippen LogP contribution in [0.2, 0.25) is 0 Å². The first-order chi connectivity index (χ1) is 15.4. The van der Waals surface area contributed by atoms with Crippen molar-refractivity contribution < 1.29 is 14.9 Å². The van der Waals surface area contributed by atoms with Crippen LogP contribution in [0.3, 0.4) is 0 Å². The van der Waals surface area contributed by atoms with Crippen molar-refractivity contribution in [2.45, 2.75) is 29.7 Å². The van der Waals surface area contributed by atoms with Gasteiger partial charge in [0, 0.05) is 34.5 Å². The molecule has 4 rings (SSSR count). The highest BCUT2D eigenvalue weighted by atomic mass is 32.2. The number of rotatable bonds is 8. The normalized spacial score (nSPS) is 12.0. The summed E-state index contributed by atoms with van der Waals surface area (Å²) in [4.78, 5) is 10.9. The Morgan fingerprint density at radius 3 is 2.69 bits per heavy atom. The van der Waals surface area contributed by atoms with Gasteiger partial charge >= 0.3 is 0 Å². The van der Waals surface area contributed by atoms with Crippen molar-refractivity contribution in [2.24, 2.45) is 7.05 Å². The summed E-state index contributed by atoms with van der Waals surface area (Å²) in [6, 6.07) is 12.0. The second kappa shape index (κ2) is 9.70. The average molecular weight is 470 g/mol. The second-order valence-corrected chi connectivity index (χ2v) is 9.06. The predicted octanol–water partition coefficient (Wildman–Crippen LogP) is 4.60. The standard InChI is InChI=1S/C22H23N5O3S2/c1-13-20(14(2)27(3)26-13)30-19-9-16(32-15-7-5-4-6-8-15)10-23-21(19)25-22-24-17(12-31-22)18(29)11-28/h4-10,12,18,28-29H,11H2,1-3H3,(H,23,24,25). The maximum absolute atomic E-state index is 9.81. The van der Waals surface area contributed by atoms with Gasteiger partial charge in [0.2, 0.25) is 0 Å². The molecule has 0 radical (unpaired) electrons. The third kappa shape index (κ3) is 4.94. The fourth-order valence-corrected chi connectivity index (χ4v) is 4.57. The van der Waals surface area contributed by atoms with Crippen molar-refractivity contribution in [1.82, 2.24) is 19.7 Å². The largest absolute Gasteiger partial charge is 0.450 e. The second-order valence-electron chi connectivity index (χ2n) is 7.06. The van der Waals surface area contributed by atoms with E-state index in [1.807, 2.05) is 57.3 Å². The van der Waals surface area contributed by atoms with Gasteiger partial charge in [0.1, 0.15) is 11.8 Å². The summed E-state index contributed by atoms with van der Waals surface area (Å²) in [5, 5.41) is 28.8. The first-order valence-corrected chi connectivity index (χ1v) is 11.6. The molecule has 10 heteroatoms. The van der Waals surface area contributed by atoms with Crippen molar-refractivity contribution in [1.29, 1.82) is 0 Å². The molecular weight excluding hydrogens is 446 g/mol. The maximum Gasteiger partial charge on any atom is 0.188 e. The van der Waals surface area contributed by atoms with Gasteiger partial charge in [-0.2, -0.15) is 5.10 Å². The van der Waals surface area contributed by atoms with Crippen LogP contribution in [0.4, 0.5) is 10.9 Å². The number of thiazole rings is 1. The molecule has 1 atom stereocenters. The molecule has 32 heavy (non-hydrogen) atoms. The highest BCUT2D eigenvalue weighted by Gasteiger charge is 2.18. The van der Waals surface area contributed by atoms with Crippen molar-refractivity contribution in [3.8, 4) is 11.5 Å². The molecule has 0 aliphatic rings. The summed E-state index contributed by atoms with van der Waals surface area (Å²) in [6.45, 7) is 3.46. The number of hydrogen-bond acceptors (Lipinski definition) is 9. The number of nitrogens with zero attached hydrogens (tertiary/aromatic N) is 4. The number of aliphatic hydroxyl groups excluding tert-OH is 2. The van der Waals surface area contributed by atoms with Crippen LogP contribution >= 0.6 is 23.1 Å². The molecule has 4 aromatic rings. The molecule has 8 nitrogen and oxygen atoms in total. The van der Waals surface area contributed by atoms with Crippen LogP contribution in [0.25, 0.3) is 0 Å². The number of aryl methyl sites for hydroxylation is 2. The molecule has 0 fully saturated rings. The first kappa shape index (κ1) is 22.3. The minimum absolute atomic E-state index is 0.388. The lowest BCUT2D eigenvalue weighted by atomic mass is 10.3. The van der Waals surface area contributed by atoms with Crippen LogP contribution in [0, 0.1) is 13.8 Å². The van der Waals surface area contributed by atoms with Gasteiger partial charge in [-0.3, -0.25) is 4.68 Å². The Morgan fingerprint density at radius 1 is 1.22 bits per heavy atom. The molecule has 3 heterocycles. The summed E-state index contributed by atoms with van der Waals surface area (Å²) in [5.74, 6) is 1.70. The van der Waals surface area contributed by atoms with Gasteiger partial charge < -0.3 is 20.3 Å². The Labute approximate surface area is 193 Å². The third-order valence-corrected chi connectivity index (χ3v) is 6.47. The van der Waals surface area contributed by atoms with E-state index in [1.54, 1.807) is 28.0 Å². The minimum atomic E-state index is -1.02. The fourth-order valence-electron chi connectivity index (χ4n) is 2.98. The monoisotopic (exact) mass is 469 g/mol.